The average molecular weight is 1090 g/mol. The van der Waals surface area contributed by atoms with Gasteiger partial charge in [0, 0.05) is 83.7 Å². The molecule has 4 saturated heterocycles. The molecule has 0 unspecified atom stereocenters. The highest BCUT2D eigenvalue weighted by molar-refractivity contribution is 6.74. The van der Waals surface area contributed by atoms with E-state index in [1.807, 2.05) is 31.2 Å². The highest BCUT2D eigenvalue weighted by Gasteiger charge is 2.56. The number of rotatable bonds is 26. The third-order valence-corrected chi connectivity index (χ3v) is 26.3. The molecule has 5 rings (SSSR count). The van der Waals surface area contributed by atoms with Crippen molar-refractivity contribution in [2.75, 3.05) is 27.4 Å². The van der Waals surface area contributed by atoms with Crippen LogP contribution in [0.3, 0.4) is 0 Å². The Kier molecular flexibility index (Phi) is 22.6. The van der Waals surface area contributed by atoms with Crippen molar-refractivity contribution < 1.29 is 71.0 Å². The lowest BCUT2D eigenvalue weighted by atomic mass is 9.78. The van der Waals surface area contributed by atoms with E-state index in [0.29, 0.717) is 70.2 Å². The number of Topliss-reactive ketones (excluding diaryl/α,β-unsaturated/α-hetero) is 1. The molecule has 4 fully saturated rings. The van der Waals surface area contributed by atoms with E-state index >= 15 is 0 Å². The normalized spacial score (nSPS) is 30.8. The summed E-state index contributed by atoms with van der Waals surface area (Å²) in [7, 11) is -1.08. The molecular formula is C58H96O15Si2. The highest BCUT2D eigenvalue weighted by atomic mass is 28.4. The van der Waals surface area contributed by atoms with Crippen LogP contribution >= 0.6 is 0 Å². The Bertz CT molecular complexity index is 2030. The maximum atomic E-state index is 14.4. The zero-order valence-electron chi connectivity index (χ0n) is 48.3. The molecule has 426 valence electrons. The second-order valence-electron chi connectivity index (χ2n) is 24.0. The van der Waals surface area contributed by atoms with Crippen LogP contribution in [0.15, 0.2) is 49.1 Å². The number of esters is 2. The first-order chi connectivity index (χ1) is 35.2. The molecule has 4 aliphatic rings. The van der Waals surface area contributed by atoms with E-state index in [9.17, 15) is 19.5 Å². The van der Waals surface area contributed by atoms with E-state index in [0.717, 1.165) is 29.4 Å². The van der Waals surface area contributed by atoms with Crippen LogP contribution in [0.1, 0.15) is 145 Å². The molecule has 2 spiro atoms. The molecule has 4 aliphatic heterocycles. The standard InChI is InChI=1S/C58H96O15Si2/c1-17-25-66-53(61)31-46-28-48(67-42(8)59)34-58(69-46)38-56(12,73-75(18-2,19-3)20-4)32-49(70-58)26-39(5)40(6)54(62)41(7)52(60)30-45-27-47(64-14)33-57(68-45)35-50(72-74(15,16)55(9,10)11)29-51(71-57)37-65-36-43-21-23-44(63-13)24-22-43/h17,21-24,40-41,45-51,54,62H,1,5,18-20,25-38H2,2-4,6-16H3/t40-,41-,45+,46-,47+,48+,49+,50+,51-,54+,56+,57-,58-/m1/s1. The maximum Gasteiger partial charge on any atom is 0.308 e. The van der Waals surface area contributed by atoms with Gasteiger partial charge in [0.15, 0.2) is 28.2 Å². The smallest absolute Gasteiger partial charge is 0.308 e. The van der Waals surface area contributed by atoms with Gasteiger partial charge in [-0.2, -0.15) is 0 Å². The van der Waals surface area contributed by atoms with E-state index in [4.69, 9.17) is 51.5 Å². The molecule has 13 atom stereocenters. The van der Waals surface area contributed by atoms with Gasteiger partial charge >= 0.3 is 11.9 Å². The molecule has 0 aliphatic carbocycles. The molecule has 17 heteroatoms. The van der Waals surface area contributed by atoms with Gasteiger partial charge in [-0.1, -0.05) is 92.3 Å². The van der Waals surface area contributed by atoms with Crippen LogP contribution in [0.5, 0.6) is 5.75 Å². The Morgan fingerprint density at radius 2 is 1.39 bits per heavy atom. The van der Waals surface area contributed by atoms with Crippen molar-refractivity contribution in [2.45, 2.75) is 249 Å². The number of carbonyl (C=O) groups excluding carboxylic acids is 3. The van der Waals surface area contributed by atoms with Gasteiger partial charge < -0.3 is 56.6 Å². The molecule has 0 saturated carbocycles. The highest BCUT2D eigenvalue weighted by Crippen LogP contribution is 2.50. The van der Waals surface area contributed by atoms with Crippen molar-refractivity contribution in [2.24, 2.45) is 11.8 Å². The quantitative estimate of drug-likeness (QED) is 0.0527. The van der Waals surface area contributed by atoms with Crippen LogP contribution in [0.4, 0.5) is 0 Å². The van der Waals surface area contributed by atoms with Gasteiger partial charge in [0.25, 0.3) is 0 Å². The Morgan fingerprint density at radius 1 is 0.813 bits per heavy atom. The third-order valence-electron chi connectivity index (χ3n) is 16.9. The summed E-state index contributed by atoms with van der Waals surface area (Å²) in [5, 5.41) is 12.0. The van der Waals surface area contributed by atoms with Gasteiger partial charge in [0.1, 0.15) is 24.2 Å². The fourth-order valence-electron chi connectivity index (χ4n) is 11.7. The van der Waals surface area contributed by atoms with Crippen molar-refractivity contribution in [3.63, 3.8) is 0 Å². The van der Waals surface area contributed by atoms with Crippen molar-refractivity contribution in [3.05, 3.63) is 54.6 Å². The number of aliphatic hydroxyl groups is 1. The number of carbonyl (C=O) groups is 3. The summed E-state index contributed by atoms with van der Waals surface area (Å²) in [4.78, 5) is 39.8. The topological polar surface area (TPSA) is 173 Å². The van der Waals surface area contributed by atoms with Gasteiger partial charge in [-0.15, -0.1) is 0 Å². The van der Waals surface area contributed by atoms with Crippen molar-refractivity contribution in [1.29, 1.82) is 0 Å². The fraction of sp³-hybridized carbons (Fsp3) is 0.776. The van der Waals surface area contributed by atoms with E-state index in [1.165, 1.54) is 13.0 Å². The summed E-state index contributed by atoms with van der Waals surface area (Å²) >= 11 is 0. The summed E-state index contributed by atoms with van der Waals surface area (Å²) in [5.74, 6) is -3.84. The zero-order chi connectivity index (χ0) is 55.6. The largest absolute Gasteiger partial charge is 0.497 e. The Balaban J connectivity index is 1.32. The molecule has 75 heavy (non-hydrogen) atoms. The first kappa shape index (κ1) is 63.0. The summed E-state index contributed by atoms with van der Waals surface area (Å²) in [6.07, 6.45) is 1.33. The van der Waals surface area contributed by atoms with Gasteiger partial charge in [-0.05, 0) is 67.3 Å². The van der Waals surface area contributed by atoms with Crippen LogP contribution in [0, 0.1) is 11.8 Å². The lowest BCUT2D eigenvalue weighted by molar-refractivity contribution is -0.347. The summed E-state index contributed by atoms with van der Waals surface area (Å²) < 4.78 is 71.0. The Morgan fingerprint density at radius 3 is 1.99 bits per heavy atom. The van der Waals surface area contributed by atoms with Crippen molar-refractivity contribution in [3.8, 4) is 5.75 Å². The van der Waals surface area contributed by atoms with Gasteiger partial charge in [-0.3, -0.25) is 14.4 Å². The predicted molar refractivity (Wildman–Crippen MR) is 293 cm³/mol. The summed E-state index contributed by atoms with van der Waals surface area (Å²) in [6.45, 7) is 33.9. The SMILES string of the molecule is C=CCOC(=O)C[C@H]1C[C@H](OC(C)=O)C[C@@]2(C[C@@](C)(O[Si](CC)(CC)CC)C[C@H](CC(=C)[C@@H](C)[C@H](O)[C@H](C)C(=O)C[C@@H]3C[C@H](OC)C[C@@]4(C[C@@H](O[Si](C)(C)C(C)(C)C)C[C@H](COCc5ccc(OC)cc5)O4)O3)O2)O1. The first-order valence-electron chi connectivity index (χ1n) is 27.8. The molecular weight excluding hydrogens is 993 g/mol. The van der Waals surface area contributed by atoms with E-state index < -0.39 is 88.1 Å². The maximum absolute atomic E-state index is 14.4. The second kappa shape index (κ2) is 26.9. The molecule has 1 aromatic rings. The van der Waals surface area contributed by atoms with Crippen LogP contribution in [-0.2, 0) is 67.7 Å². The van der Waals surface area contributed by atoms with Crippen LogP contribution in [0.2, 0.25) is 36.3 Å². The molecule has 15 nitrogen and oxygen atoms in total. The van der Waals surface area contributed by atoms with Crippen LogP contribution < -0.4 is 4.74 Å². The second-order valence-corrected chi connectivity index (χ2v) is 33.5. The van der Waals surface area contributed by atoms with E-state index in [-0.39, 0.29) is 55.0 Å². The molecule has 1 aromatic carbocycles. The minimum atomic E-state index is -2.22. The monoisotopic (exact) mass is 1090 g/mol. The minimum Gasteiger partial charge on any atom is -0.497 e. The number of hydrogen-bond donors (Lipinski definition) is 1. The van der Waals surface area contributed by atoms with Crippen molar-refractivity contribution >= 4 is 34.4 Å². The average Bonchev–Trinajstić information content (AvgIpc) is 3.33. The van der Waals surface area contributed by atoms with E-state index in [2.05, 4.69) is 74.7 Å². The number of aliphatic hydroxyl groups excluding tert-OH is 1. The predicted octanol–water partition coefficient (Wildman–Crippen LogP) is 11.1. The first-order valence-corrected chi connectivity index (χ1v) is 33.3. The molecule has 0 amide bonds. The lowest BCUT2D eigenvalue weighted by Gasteiger charge is -2.55. The molecule has 0 bridgehead atoms. The molecule has 1 N–H and O–H groups in total. The minimum absolute atomic E-state index is 0.0179. The van der Waals surface area contributed by atoms with E-state index in [1.54, 1.807) is 21.1 Å². The summed E-state index contributed by atoms with van der Waals surface area (Å²) in [6, 6.07) is 10.6. The molecule has 0 aromatic heterocycles. The summed E-state index contributed by atoms with van der Waals surface area (Å²) in [5.41, 5.74) is 1.03. The molecule has 4 heterocycles. The number of ether oxygens (including phenoxy) is 9. The number of benzene rings is 1. The number of hydrogen-bond acceptors (Lipinski definition) is 15. The lowest BCUT2D eigenvalue weighted by Crippen LogP contribution is -2.61. The Hall–Kier alpha value is -2.82. The zero-order valence-corrected chi connectivity index (χ0v) is 50.3. The fourth-order valence-corrected chi connectivity index (χ4v) is 16.2. The van der Waals surface area contributed by atoms with Gasteiger partial charge in [0.2, 0.25) is 0 Å². The van der Waals surface area contributed by atoms with Crippen molar-refractivity contribution in [1.82, 2.24) is 0 Å². The molecule has 0 radical (unpaired) electrons. The van der Waals surface area contributed by atoms with Gasteiger partial charge in [0.05, 0.1) is 75.1 Å². The van der Waals surface area contributed by atoms with Gasteiger partial charge in [-0.25, -0.2) is 0 Å². The number of ketones is 1. The van der Waals surface area contributed by atoms with Crippen LogP contribution in [-0.4, -0.2) is 133 Å². The Labute approximate surface area is 452 Å². The third kappa shape index (κ3) is 17.3. The van der Waals surface area contributed by atoms with Crippen LogP contribution in [0.25, 0.3) is 0 Å². The number of methoxy groups -OCH3 is 2.